The zero-order valence-electron chi connectivity index (χ0n) is 12.3. The number of anilines is 1. The highest BCUT2D eigenvalue weighted by Gasteiger charge is 2.06. The normalized spacial score (nSPS) is 12.2. The van der Waals surface area contributed by atoms with Crippen LogP contribution in [0.4, 0.5) is 5.69 Å². The Labute approximate surface area is 120 Å². The number of benzene rings is 1. The summed E-state index contributed by atoms with van der Waals surface area (Å²) < 4.78 is 16.0. The van der Waals surface area contributed by atoms with Crippen molar-refractivity contribution >= 4 is 5.69 Å². The van der Waals surface area contributed by atoms with Gasteiger partial charge in [0.15, 0.2) is 0 Å². The molecule has 0 saturated carbocycles. The summed E-state index contributed by atoms with van der Waals surface area (Å²) in [6.45, 7) is 6.94. The Morgan fingerprint density at radius 3 is 2.60 bits per heavy atom. The van der Waals surface area contributed by atoms with Crippen molar-refractivity contribution in [2.75, 3.05) is 44.9 Å². The molecule has 1 atom stereocenters. The van der Waals surface area contributed by atoms with Crippen LogP contribution in [-0.2, 0) is 9.47 Å². The molecule has 0 radical (unpaired) electrons. The second kappa shape index (κ2) is 10.5. The maximum Gasteiger partial charge on any atom is 0.142 e. The molecule has 1 aromatic carbocycles. The summed E-state index contributed by atoms with van der Waals surface area (Å²) >= 11 is 0. The Hall–Kier alpha value is -1.30. The maximum atomic E-state index is 9.82. The molecule has 1 aromatic rings. The van der Waals surface area contributed by atoms with Crippen LogP contribution >= 0.6 is 0 Å². The van der Waals surface area contributed by atoms with Crippen molar-refractivity contribution in [3.8, 4) is 5.75 Å². The largest absolute Gasteiger partial charge is 0.492 e. The predicted molar refractivity (Wildman–Crippen MR) is 79.4 cm³/mol. The van der Waals surface area contributed by atoms with Crippen LogP contribution in [0.25, 0.3) is 0 Å². The summed E-state index contributed by atoms with van der Waals surface area (Å²) in [4.78, 5) is 0. The Morgan fingerprint density at radius 1 is 1.10 bits per heavy atom. The molecule has 1 rings (SSSR count). The van der Waals surface area contributed by atoms with Crippen molar-refractivity contribution < 1.29 is 19.3 Å². The van der Waals surface area contributed by atoms with Crippen LogP contribution < -0.4 is 10.1 Å². The minimum atomic E-state index is -0.564. The molecule has 0 amide bonds. The third-order valence-corrected chi connectivity index (χ3v) is 2.60. The van der Waals surface area contributed by atoms with Crippen LogP contribution in [-0.4, -0.2) is 50.8 Å². The number of para-hydroxylation sites is 2. The van der Waals surface area contributed by atoms with Gasteiger partial charge in [0.2, 0.25) is 0 Å². The van der Waals surface area contributed by atoms with E-state index in [1.54, 1.807) is 0 Å². The molecule has 0 aliphatic heterocycles. The zero-order valence-corrected chi connectivity index (χ0v) is 12.3. The fraction of sp³-hybridized carbons (Fsp3) is 0.600. The van der Waals surface area contributed by atoms with Gasteiger partial charge in [0.05, 0.1) is 38.2 Å². The van der Waals surface area contributed by atoms with Crippen LogP contribution in [0, 0.1) is 0 Å². The van der Waals surface area contributed by atoms with Gasteiger partial charge in [-0.2, -0.15) is 0 Å². The smallest absolute Gasteiger partial charge is 0.142 e. The topological polar surface area (TPSA) is 60.0 Å². The molecule has 0 spiro atoms. The maximum absolute atomic E-state index is 9.82. The third-order valence-electron chi connectivity index (χ3n) is 2.60. The molecule has 0 heterocycles. The van der Waals surface area contributed by atoms with Gasteiger partial charge in [-0.05, 0) is 26.0 Å². The van der Waals surface area contributed by atoms with E-state index in [4.69, 9.17) is 14.2 Å². The Bertz CT molecular complexity index is 359. The summed E-state index contributed by atoms with van der Waals surface area (Å²) in [6.07, 6.45) is -0.564. The third kappa shape index (κ3) is 6.75. The monoisotopic (exact) mass is 283 g/mol. The molecule has 0 aliphatic rings. The van der Waals surface area contributed by atoms with Crippen molar-refractivity contribution in [2.24, 2.45) is 0 Å². The van der Waals surface area contributed by atoms with Gasteiger partial charge < -0.3 is 24.6 Å². The lowest BCUT2D eigenvalue weighted by atomic mass is 10.2. The predicted octanol–water partition coefficient (Wildman–Crippen LogP) is 1.91. The highest BCUT2D eigenvalue weighted by atomic mass is 16.5. The quantitative estimate of drug-likeness (QED) is 0.608. The standard InChI is InChI=1S/C15H25NO4/c1-3-18-9-10-19-12-13(17)11-16-14-7-5-6-8-15(14)20-4-2/h5-8,13,16-17H,3-4,9-12H2,1-2H3. The Balaban J connectivity index is 2.24. The molecular formula is C15H25NO4. The van der Waals surface area contributed by atoms with Crippen LogP contribution in [0.2, 0.25) is 0 Å². The average Bonchev–Trinajstić information content (AvgIpc) is 2.46. The van der Waals surface area contributed by atoms with E-state index in [9.17, 15) is 5.11 Å². The van der Waals surface area contributed by atoms with E-state index < -0.39 is 6.10 Å². The molecule has 2 N–H and O–H groups in total. The second-order valence-electron chi connectivity index (χ2n) is 4.24. The van der Waals surface area contributed by atoms with Crippen LogP contribution in [0.5, 0.6) is 5.75 Å². The number of hydrogen-bond donors (Lipinski definition) is 2. The van der Waals surface area contributed by atoms with Gasteiger partial charge in [-0.3, -0.25) is 0 Å². The van der Waals surface area contributed by atoms with Gasteiger partial charge in [-0.1, -0.05) is 12.1 Å². The molecule has 0 bridgehead atoms. The number of aliphatic hydroxyl groups excluding tert-OH is 1. The molecule has 0 aromatic heterocycles. The minimum absolute atomic E-state index is 0.289. The SMILES string of the molecule is CCOCCOCC(O)CNc1ccccc1OCC. The molecule has 0 saturated heterocycles. The fourth-order valence-electron chi connectivity index (χ4n) is 1.66. The van der Waals surface area contributed by atoms with Crippen molar-refractivity contribution in [1.29, 1.82) is 0 Å². The summed E-state index contributed by atoms with van der Waals surface area (Å²) in [5.41, 5.74) is 0.878. The van der Waals surface area contributed by atoms with Gasteiger partial charge in [0.25, 0.3) is 0 Å². The van der Waals surface area contributed by atoms with Gasteiger partial charge in [0.1, 0.15) is 5.75 Å². The number of ether oxygens (including phenoxy) is 3. The van der Waals surface area contributed by atoms with Gasteiger partial charge >= 0.3 is 0 Å². The molecule has 20 heavy (non-hydrogen) atoms. The minimum Gasteiger partial charge on any atom is -0.492 e. The summed E-state index contributed by atoms with van der Waals surface area (Å²) in [6, 6.07) is 7.67. The Morgan fingerprint density at radius 2 is 1.85 bits per heavy atom. The van der Waals surface area contributed by atoms with E-state index in [2.05, 4.69) is 5.32 Å². The van der Waals surface area contributed by atoms with E-state index in [1.807, 2.05) is 38.1 Å². The first kappa shape index (κ1) is 16.8. The van der Waals surface area contributed by atoms with Gasteiger partial charge in [0, 0.05) is 13.2 Å². The molecule has 0 aliphatic carbocycles. The van der Waals surface area contributed by atoms with E-state index in [0.717, 1.165) is 11.4 Å². The summed E-state index contributed by atoms with van der Waals surface area (Å²) in [7, 11) is 0. The van der Waals surface area contributed by atoms with Crippen LogP contribution in [0.1, 0.15) is 13.8 Å². The average molecular weight is 283 g/mol. The Kier molecular flexibility index (Phi) is 8.78. The van der Waals surface area contributed by atoms with Gasteiger partial charge in [-0.25, -0.2) is 0 Å². The molecule has 5 nitrogen and oxygen atoms in total. The van der Waals surface area contributed by atoms with Crippen molar-refractivity contribution in [1.82, 2.24) is 0 Å². The second-order valence-corrected chi connectivity index (χ2v) is 4.24. The highest BCUT2D eigenvalue weighted by Crippen LogP contribution is 2.23. The summed E-state index contributed by atoms with van der Waals surface area (Å²) in [5.74, 6) is 0.791. The zero-order chi connectivity index (χ0) is 14.6. The molecule has 1 unspecified atom stereocenters. The van der Waals surface area contributed by atoms with Crippen molar-refractivity contribution in [3.63, 3.8) is 0 Å². The first-order valence-corrected chi connectivity index (χ1v) is 7.07. The number of nitrogens with one attached hydrogen (secondary N) is 1. The van der Waals surface area contributed by atoms with Crippen molar-refractivity contribution in [2.45, 2.75) is 20.0 Å². The van der Waals surface area contributed by atoms with Crippen molar-refractivity contribution in [3.05, 3.63) is 24.3 Å². The van der Waals surface area contributed by atoms with Gasteiger partial charge in [-0.15, -0.1) is 0 Å². The van der Waals surface area contributed by atoms with E-state index in [1.165, 1.54) is 0 Å². The van der Waals surface area contributed by atoms with E-state index in [0.29, 0.717) is 33.0 Å². The first-order valence-electron chi connectivity index (χ1n) is 7.07. The number of hydrogen-bond acceptors (Lipinski definition) is 5. The summed E-state index contributed by atoms with van der Waals surface area (Å²) in [5, 5.41) is 13.0. The van der Waals surface area contributed by atoms with Crippen LogP contribution in [0.15, 0.2) is 24.3 Å². The first-order chi connectivity index (χ1) is 9.77. The van der Waals surface area contributed by atoms with E-state index >= 15 is 0 Å². The molecule has 5 heteroatoms. The van der Waals surface area contributed by atoms with E-state index in [-0.39, 0.29) is 6.61 Å². The lowest BCUT2D eigenvalue weighted by Gasteiger charge is -2.15. The lowest BCUT2D eigenvalue weighted by molar-refractivity contribution is 0.0103. The lowest BCUT2D eigenvalue weighted by Crippen LogP contribution is -2.25. The highest BCUT2D eigenvalue weighted by molar-refractivity contribution is 5.56. The fourth-order valence-corrected chi connectivity index (χ4v) is 1.66. The molecule has 0 fully saturated rings. The molecular weight excluding hydrogens is 258 g/mol. The molecule has 114 valence electrons. The number of aliphatic hydroxyl groups is 1. The number of rotatable bonds is 11. The van der Waals surface area contributed by atoms with Crippen LogP contribution in [0.3, 0.4) is 0 Å².